The molecule has 0 aliphatic carbocycles. The normalized spacial score (nSPS) is 16.8. The molecule has 0 aromatic heterocycles. The van der Waals surface area contributed by atoms with Crippen LogP contribution in [0.3, 0.4) is 0 Å². The summed E-state index contributed by atoms with van der Waals surface area (Å²) in [7, 11) is 0. The molecule has 0 bridgehead atoms. The Balaban J connectivity index is 1.26. The van der Waals surface area contributed by atoms with Crippen molar-refractivity contribution in [2.75, 3.05) is 19.9 Å². The van der Waals surface area contributed by atoms with Gasteiger partial charge in [0.25, 0.3) is 11.8 Å². The Kier molecular flexibility index (Phi) is 5.65. The Labute approximate surface area is 174 Å². The minimum Gasteiger partial charge on any atom is -0.508 e. The smallest absolute Gasteiger partial charge is 0.260 e. The molecule has 2 N–H and O–H groups in total. The lowest BCUT2D eigenvalue weighted by molar-refractivity contribution is -0.128. The molecule has 0 radical (unpaired) electrons. The maximum atomic E-state index is 12.8. The maximum absolute atomic E-state index is 12.8. The summed E-state index contributed by atoms with van der Waals surface area (Å²) in [5, 5.41) is 12.3. The Bertz CT molecular complexity index is 922. The molecular formula is C22H24N2O6. The predicted molar refractivity (Wildman–Crippen MR) is 108 cm³/mol. The van der Waals surface area contributed by atoms with E-state index in [0.29, 0.717) is 48.7 Å². The van der Waals surface area contributed by atoms with Gasteiger partial charge in [0, 0.05) is 24.7 Å². The van der Waals surface area contributed by atoms with Gasteiger partial charge in [-0.15, -0.1) is 0 Å². The molecule has 8 nitrogen and oxygen atoms in total. The zero-order chi connectivity index (χ0) is 21.1. The van der Waals surface area contributed by atoms with Crippen LogP contribution in [0.1, 0.15) is 30.1 Å². The van der Waals surface area contributed by atoms with Crippen LogP contribution in [0.5, 0.6) is 23.0 Å². The van der Waals surface area contributed by atoms with E-state index in [9.17, 15) is 14.7 Å². The molecule has 2 aliphatic heterocycles. The average molecular weight is 412 g/mol. The van der Waals surface area contributed by atoms with Gasteiger partial charge in [-0.1, -0.05) is 0 Å². The highest BCUT2D eigenvalue weighted by Gasteiger charge is 2.27. The standard InChI is InChI=1S/C22H24N2O6/c1-14(30-18-5-3-17(25)4-6-18)21(26)23-16-8-10-24(11-9-16)22(27)15-2-7-19-20(12-15)29-13-28-19/h2-7,12,14,16,25H,8-11,13H2,1H3,(H,23,26). The second kappa shape index (κ2) is 8.52. The lowest BCUT2D eigenvalue weighted by atomic mass is 10.0. The molecule has 2 heterocycles. The third-order valence-corrected chi connectivity index (χ3v) is 5.27. The van der Waals surface area contributed by atoms with Crippen molar-refractivity contribution in [3.63, 3.8) is 0 Å². The minimum atomic E-state index is -0.664. The number of carbonyl (C=O) groups excluding carboxylic acids is 2. The Morgan fingerprint density at radius 3 is 2.53 bits per heavy atom. The molecule has 1 fully saturated rings. The second-order valence-electron chi connectivity index (χ2n) is 7.40. The summed E-state index contributed by atoms with van der Waals surface area (Å²) in [6, 6.07) is 11.4. The molecule has 0 saturated carbocycles. The van der Waals surface area contributed by atoms with Crippen molar-refractivity contribution in [2.24, 2.45) is 0 Å². The molecule has 2 aromatic rings. The Morgan fingerprint density at radius 2 is 1.80 bits per heavy atom. The number of likely N-dealkylation sites (tertiary alicyclic amines) is 1. The van der Waals surface area contributed by atoms with Crippen molar-refractivity contribution >= 4 is 11.8 Å². The van der Waals surface area contributed by atoms with Gasteiger partial charge < -0.3 is 29.5 Å². The summed E-state index contributed by atoms with van der Waals surface area (Å²) in [5.74, 6) is 1.63. The van der Waals surface area contributed by atoms with E-state index in [-0.39, 0.29) is 30.4 Å². The zero-order valence-electron chi connectivity index (χ0n) is 16.7. The summed E-state index contributed by atoms with van der Waals surface area (Å²) < 4.78 is 16.2. The third-order valence-electron chi connectivity index (χ3n) is 5.27. The molecule has 2 aliphatic rings. The van der Waals surface area contributed by atoms with Crippen LogP contribution in [0, 0.1) is 0 Å². The van der Waals surface area contributed by atoms with Crippen LogP contribution >= 0.6 is 0 Å². The summed E-state index contributed by atoms with van der Waals surface area (Å²) >= 11 is 0. The molecule has 1 saturated heterocycles. The first-order valence-electron chi connectivity index (χ1n) is 9.94. The zero-order valence-corrected chi connectivity index (χ0v) is 16.7. The van der Waals surface area contributed by atoms with Gasteiger partial charge in [-0.3, -0.25) is 9.59 Å². The van der Waals surface area contributed by atoms with E-state index in [1.165, 1.54) is 12.1 Å². The quantitative estimate of drug-likeness (QED) is 0.782. The fourth-order valence-electron chi connectivity index (χ4n) is 3.54. The topological polar surface area (TPSA) is 97.3 Å². The van der Waals surface area contributed by atoms with E-state index in [4.69, 9.17) is 14.2 Å². The van der Waals surface area contributed by atoms with Gasteiger partial charge in [0.15, 0.2) is 17.6 Å². The highest BCUT2D eigenvalue weighted by atomic mass is 16.7. The van der Waals surface area contributed by atoms with Crippen molar-refractivity contribution in [3.8, 4) is 23.0 Å². The van der Waals surface area contributed by atoms with Crippen LogP contribution in [-0.4, -0.2) is 53.8 Å². The van der Waals surface area contributed by atoms with E-state index in [0.717, 1.165) is 0 Å². The largest absolute Gasteiger partial charge is 0.508 e. The molecule has 0 spiro atoms. The average Bonchev–Trinajstić information content (AvgIpc) is 3.23. The lowest BCUT2D eigenvalue weighted by Gasteiger charge is -2.33. The number of ether oxygens (including phenoxy) is 3. The summed E-state index contributed by atoms with van der Waals surface area (Å²) in [4.78, 5) is 27.0. The number of rotatable bonds is 5. The number of hydrogen-bond acceptors (Lipinski definition) is 6. The highest BCUT2D eigenvalue weighted by molar-refractivity contribution is 5.95. The van der Waals surface area contributed by atoms with Gasteiger partial charge in [-0.2, -0.15) is 0 Å². The third kappa shape index (κ3) is 4.42. The summed E-state index contributed by atoms with van der Waals surface area (Å²) in [5.41, 5.74) is 0.567. The van der Waals surface area contributed by atoms with Crippen LogP contribution in [0.15, 0.2) is 42.5 Å². The summed E-state index contributed by atoms with van der Waals surface area (Å²) in [6.07, 6.45) is 0.685. The Morgan fingerprint density at radius 1 is 1.10 bits per heavy atom. The number of phenolic OH excluding ortho intramolecular Hbond substituents is 1. The van der Waals surface area contributed by atoms with E-state index in [1.54, 1.807) is 42.2 Å². The molecule has 1 unspecified atom stereocenters. The van der Waals surface area contributed by atoms with Gasteiger partial charge in [0.1, 0.15) is 11.5 Å². The van der Waals surface area contributed by atoms with Gasteiger partial charge >= 0.3 is 0 Å². The number of nitrogens with one attached hydrogen (secondary N) is 1. The van der Waals surface area contributed by atoms with Crippen LogP contribution < -0.4 is 19.5 Å². The van der Waals surface area contributed by atoms with E-state index in [1.807, 2.05) is 0 Å². The van der Waals surface area contributed by atoms with Gasteiger partial charge in [-0.05, 0) is 62.2 Å². The number of aromatic hydroxyl groups is 1. The van der Waals surface area contributed by atoms with Crippen molar-refractivity contribution in [3.05, 3.63) is 48.0 Å². The summed E-state index contributed by atoms with van der Waals surface area (Å²) in [6.45, 7) is 2.98. The number of hydrogen-bond donors (Lipinski definition) is 2. The van der Waals surface area contributed by atoms with Crippen LogP contribution in [-0.2, 0) is 4.79 Å². The van der Waals surface area contributed by atoms with Crippen LogP contribution in [0.4, 0.5) is 0 Å². The van der Waals surface area contributed by atoms with Crippen LogP contribution in [0.2, 0.25) is 0 Å². The molecular weight excluding hydrogens is 388 g/mol. The second-order valence-corrected chi connectivity index (χ2v) is 7.40. The SMILES string of the molecule is CC(Oc1ccc(O)cc1)C(=O)NC1CCN(C(=O)c2ccc3c(c2)OCO3)CC1. The van der Waals surface area contributed by atoms with E-state index < -0.39 is 6.10 Å². The van der Waals surface area contributed by atoms with Crippen molar-refractivity contribution in [1.82, 2.24) is 10.2 Å². The number of carbonyl (C=O) groups is 2. The number of benzene rings is 2. The molecule has 2 amide bonds. The molecule has 4 rings (SSSR count). The van der Waals surface area contributed by atoms with Crippen molar-refractivity contribution < 1.29 is 28.9 Å². The fraction of sp³-hybridized carbons (Fsp3) is 0.364. The van der Waals surface area contributed by atoms with Crippen molar-refractivity contribution in [2.45, 2.75) is 31.9 Å². The molecule has 30 heavy (non-hydrogen) atoms. The minimum absolute atomic E-state index is 0.0100. The first-order chi connectivity index (χ1) is 14.5. The highest BCUT2D eigenvalue weighted by Crippen LogP contribution is 2.33. The molecule has 1 atom stereocenters. The lowest BCUT2D eigenvalue weighted by Crippen LogP contribution is -2.49. The van der Waals surface area contributed by atoms with Crippen molar-refractivity contribution in [1.29, 1.82) is 0 Å². The number of nitrogens with zero attached hydrogens (tertiary/aromatic N) is 1. The predicted octanol–water partition coefficient (Wildman–Crippen LogP) is 2.31. The van der Waals surface area contributed by atoms with Gasteiger partial charge in [-0.25, -0.2) is 0 Å². The van der Waals surface area contributed by atoms with Crippen LogP contribution in [0.25, 0.3) is 0 Å². The molecule has 8 heteroatoms. The van der Waals surface area contributed by atoms with Gasteiger partial charge in [0.05, 0.1) is 0 Å². The van der Waals surface area contributed by atoms with E-state index >= 15 is 0 Å². The van der Waals surface area contributed by atoms with E-state index in [2.05, 4.69) is 5.32 Å². The Hall–Kier alpha value is -3.42. The number of amides is 2. The fourth-order valence-corrected chi connectivity index (χ4v) is 3.54. The number of phenols is 1. The molecule has 158 valence electrons. The first-order valence-corrected chi connectivity index (χ1v) is 9.94. The molecule has 2 aromatic carbocycles. The first kappa shape index (κ1) is 19.9. The van der Waals surface area contributed by atoms with Gasteiger partial charge in [0.2, 0.25) is 6.79 Å². The number of piperidine rings is 1. The number of fused-ring (bicyclic) bond motifs is 1. The monoisotopic (exact) mass is 412 g/mol. The maximum Gasteiger partial charge on any atom is 0.260 e.